The molecule has 1 amide bonds. The van der Waals surface area contributed by atoms with Crippen LogP contribution in [0.25, 0.3) is 0 Å². The zero-order valence-corrected chi connectivity index (χ0v) is 8.64. The predicted molar refractivity (Wildman–Crippen MR) is 51.4 cm³/mol. The van der Waals surface area contributed by atoms with E-state index in [0.29, 0.717) is 0 Å². The first-order valence-electron chi connectivity index (χ1n) is 3.52. The molecule has 0 aliphatic heterocycles. The lowest BCUT2D eigenvalue weighted by Gasteiger charge is -2.05. The van der Waals surface area contributed by atoms with Gasteiger partial charge in [-0.1, -0.05) is 36.4 Å². The molecule has 0 spiro atoms. The molecule has 0 bridgehead atoms. The molecule has 0 aliphatic rings. The Bertz CT molecular complexity index is 104. The van der Waals surface area contributed by atoms with Gasteiger partial charge in [-0.3, -0.25) is 4.79 Å². The molecule has 0 saturated carbocycles. The third-order valence-corrected chi connectivity index (χ3v) is 1.90. The maximum atomic E-state index is 10.9. The number of hydrogen-bond donors (Lipinski definition) is 1. The van der Waals surface area contributed by atoms with Crippen molar-refractivity contribution >= 4 is 28.5 Å². The summed E-state index contributed by atoms with van der Waals surface area (Å²) in [6.45, 7) is 4.62. The van der Waals surface area contributed by atoms with E-state index in [0.717, 1.165) is 17.4 Å². The molecule has 0 aromatic rings. The van der Waals surface area contributed by atoms with Crippen molar-refractivity contribution in [1.29, 1.82) is 0 Å². The van der Waals surface area contributed by atoms with Crippen LogP contribution in [0, 0.1) is 5.92 Å². The highest BCUT2D eigenvalue weighted by Crippen LogP contribution is 1.91. The highest BCUT2D eigenvalue weighted by molar-refractivity contribution is 14.1. The van der Waals surface area contributed by atoms with Crippen molar-refractivity contribution in [3.05, 3.63) is 0 Å². The first-order valence-corrected chi connectivity index (χ1v) is 5.04. The van der Waals surface area contributed by atoms with Crippen LogP contribution in [0.1, 0.15) is 20.3 Å². The second kappa shape index (κ2) is 5.95. The average Bonchev–Trinajstić information content (AvgIpc) is 1.88. The number of halogens is 1. The number of hydrogen-bond acceptors (Lipinski definition) is 1. The number of rotatable bonds is 4. The second-order valence-corrected chi connectivity index (χ2v) is 3.57. The summed E-state index contributed by atoms with van der Waals surface area (Å²) >= 11 is 2.30. The fourth-order valence-electron chi connectivity index (χ4n) is 0.483. The summed E-state index contributed by atoms with van der Waals surface area (Å²) in [5, 5.41) is 2.84. The van der Waals surface area contributed by atoms with Crippen LogP contribution in [0.3, 0.4) is 0 Å². The average molecular weight is 255 g/mol. The van der Waals surface area contributed by atoms with E-state index in [2.05, 4.69) is 27.9 Å². The smallest absolute Gasteiger partial charge is 0.222 e. The molecule has 0 fully saturated rings. The second-order valence-electron chi connectivity index (χ2n) is 2.49. The molecule has 0 aliphatic carbocycles. The summed E-state index contributed by atoms with van der Waals surface area (Å²) in [4.78, 5) is 10.9. The van der Waals surface area contributed by atoms with Gasteiger partial charge in [0.05, 0.1) is 0 Å². The Kier molecular flexibility index (Phi) is 6.06. The summed E-state index contributed by atoms with van der Waals surface area (Å²) < 4.78 is 1.11. The van der Waals surface area contributed by atoms with Gasteiger partial charge in [0, 0.05) is 16.9 Å². The molecular formula is C7H14INO. The first kappa shape index (κ1) is 10.2. The summed E-state index contributed by atoms with van der Waals surface area (Å²) in [6.07, 6.45) is 1.07. The van der Waals surface area contributed by atoms with Crippen molar-refractivity contribution in [2.45, 2.75) is 20.3 Å². The van der Waals surface area contributed by atoms with E-state index in [1.165, 1.54) is 0 Å². The van der Waals surface area contributed by atoms with Gasteiger partial charge in [-0.2, -0.15) is 0 Å². The minimum absolute atomic E-state index is 0.120. The lowest BCUT2D eigenvalue weighted by Crippen LogP contribution is -2.28. The minimum Gasteiger partial charge on any atom is -0.356 e. The Morgan fingerprint density at radius 2 is 2.20 bits per heavy atom. The quantitative estimate of drug-likeness (QED) is 0.461. The van der Waals surface area contributed by atoms with Gasteiger partial charge in [-0.25, -0.2) is 0 Å². The molecular weight excluding hydrogens is 241 g/mol. The van der Waals surface area contributed by atoms with Crippen molar-refractivity contribution < 1.29 is 4.79 Å². The molecule has 0 saturated heterocycles. The van der Waals surface area contributed by atoms with Crippen LogP contribution in [-0.2, 0) is 4.79 Å². The van der Waals surface area contributed by atoms with Crippen LogP contribution in [0.2, 0.25) is 0 Å². The Morgan fingerprint density at radius 1 is 1.60 bits per heavy atom. The van der Waals surface area contributed by atoms with Gasteiger partial charge in [0.15, 0.2) is 0 Å². The number of amides is 1. The molecule has 0 atom stereocenters. The first-order chi connectivity index (χ1) is 4.68. The predicted octanol–water partition coefficient (Wildman–Crippen LogP) is 1.58. The van der Waals surface area contributed by atoms with Crippen LogP contribution in [0.4, 0.5) is 0 Å². The highest BCUT2D eigenvalue weighted by atomic mass is 127. The van der Waals surface area contributed by atoms with E-state index in [-0.39, 0.29) is 11.8 Å². The van der Waals surface area contributed by atoms with Gasteiger partial charge in [0.1, 0.15) is 0 Å². The fraction of sp³-hybridized carbons (Fsp3) is 0.857. The van der Waals surface area contributed by atoms with E-state index in [4.69, 9.17) is 0 Å². The van der Waals surface area contributed by atoms with Crippen molar-refractivity contribution in [2.24, 2.45) is 5.92 Å². The minimum atomic E-state index is 0.120. The third kappa shape index (κ3) is 5.02. The van der Waals surface area contributed by atoms with Crippen molar-refractivity contribution in [1.82, 2.24) is 5.32 Å². The maximum Gasteiger partial charge on any atom is 0.222 e. The molecule has 0 heterocycles. The van der Waals surface area contributed by atoms with Gasteiger partial charge in [0.2, 0.25) is 5.91 Å². The van der Waals surface area contributed by atoms with Crippen LogP contribution >= 0.6 is 22.6 Å². The van der Waals surface area contributed by atoms with Crippen LogP contribution in [-0.4, -0.2) is 16.9 Å². The highest BCUT2D eigenvalue weighted by Gasteiger charge is 2.03. The molecule has 0 unspecified atom stereocenters. The Labute approximate surface area is 75.9 Å². The van der Waals surface area contributed by atoms with E-state index < -0.39 is 0 Å². The van der Waals surface area contributed by atoms with Crippen LogP contribution in [0.5, 0.6) is 0 Å². The summed E-state index contributed by atoms with van der Waals surface area (Å²) in [7, 11) is 0. The monoisotopic (exact) mass is 255 g/mol. The standard InChI is InChI=1S/C7H14INO/c1-6(2)7(10)9-5-3-4-8/h6H,3-5H2,1-2H3,(H,9,10). The fourth-order valence-corrected chi connectivity index (χ4v) is 0.864. The molecule has 0 aromatic heterocycles. The number of carbonyl (C=O) groups is 1. The van der Waals surface area contributed by atoms with Crippen LogP contribution in [0.15, 0.2) is 0 Å². The number of alkyl halides is 1. The van der Waals surface area contributed by atoms with Gasteiger partial charge >= 0.3 is 0 Å². The Morgan fingerprint density at radius 3 is 2.60 bits per heavy atom. The van der Waals surface area contributed by atoms with Crippen molar-refractivity contribution in [3.8, 4) is 0 Å². The van der Waals surface area contributed by atoms with E-state index in [1.807, 2.05) is 13.8 Å². The molecule has 0 rings (SSSR count). The lowest BCUT2D eigenvalue weighted by molar-refractivity contribution is -0.123. The molecule has 0 aromatic carbocycles. The molecule has 10 heavy (non-hydrogen) atoms. The molecule has 0 radical (unpaired) electrons. The van der Waals surface area contributed by atoms with Crippen LogP contribution < -0.4 is 5.32 Å². The number of nitrogens with one attached hydrogen (secondary N) is 1. The summed E-state index contributed by atoms with van der Waals surface area (Å²) in [5.74, 6) is 0.277. The maximum absolute atomic E-state index is 10.9. The topological polar surface area (TPSA) is 29.1 Å². The van der Waals surface area contributed by atoms with Gasteiger partial charge in [0.25, 0.3) is 0 Å². The largest absolute Gasteiger partial charge is 0.356 e. The van der Waals surface area contributed by atoms with E-state index in [1.54, 1.807) is 0 Å². The molecule has 1 N–H and O–H groups in total. The molecule has 2 nitrogen and oxygen atoms in total. The van der Waals surface area contributed by atoms with Gasteiger partial charge in [-0.15, -0.1) is 0 Å². The van der Waals surface area contributed by atoms with E-state index in [9.17, 15) is 4.79 Å². The summed E-state index contributed by atoms with van der Waals surface area (Å²) in [6, 6.07) is 0. The van der Waals surface area contributed by atoms with Crippen molar-refractivity contribution in [2.75, 3.05) is 11.0 Å². The van der Waals surface area contributed by atoms with E-state index >= 15 is 0 Å². The third-order valence-electron chi connectivity index (χ3n) is 1.13. The lowest BCUT2D eigenvalue weighted by atomic mass is 10.2. The normalized spacial score (nSPS) is 10.0. The van der Waals surface area contributed by atoms with Crippen molar-refractivity contribution in [3.63, 3.8) is 0 Å². The Hall–Kier alpha value is 0.200. The zero-order valence-electron chi connectivity index (χ0n) is 6.48. The zero-order chi connectivity index (χ0) is 7.98. The number of carbonyl (C=O) groups excluding carboxylic acids is 1. The Balaban J connectivity index is 3.22. The SMILES string of the molecule is CC(C)C(=O)NCCCI. The summed E-state index contributed by atoms with van der Waals surface area (Å²) in [5.41, 5.74) is 0. The molecule has 3 heteroatoms. The van der Waals surface area contributed by atoms with Gasteiger partial charge in [-0.05, 0) is 6.42 Å². The van der Waals surface area contributed by atoms with Gasteiger partial charge < -0.3 is 5.32 Å². The molecule has 60 valence electrons.